The molecule has 0 aliphatic heterocycles. The molecule has 1 aromatic carbocycles. The molecule has 1 aromatic rings. The van der Waals surface area contributed by atoms with E-state index in [-0.39, 0.29) is 17.0 Å². The topological polar surface area (TPSA) is 17.1 Å². The largest absolute Gasteiger partial charge is 0.302 e. The van der Waals surface area contributed by atoms with Crippen LogP contribution in [0.3, 0.4) is 0 Å². The van der Waals surface area contributed by atoms with Crippen molar-refractivity contribution in [2.75, 3.05) is 0 Å². The first kappa shape index (κ1) is 11.4. The first-order chi connectivity index (χ1) is 6.54. The van der Waals surface area contributed by atoms with Gasteiger partial charge < -0.3 is 4.79 Å². The maximum absolute atomic E-state index is 13.1. The zero-order chi connectivity index (χ0) is 10.7. The molecule has 0 spiro atoms. The lowest BCUT2D eigenvalue weighted by atomic mass is 10.1. The maximum Gasteiger partial charge on any atom is 0.138 e. The summed E-state index contributed by atoms with van der Waals surface area (Å²) in [5, 5.41) is -0.914. The van der Waals surface area contributed by atoms with Gasteiger partial charge >= 0.3 is 0 Å². The molecular weight excluding hydrogens is 233 g/mol. The second-order valence-electron chi connectivity index (χ2n) is 2.70. The standard InChI is InChI=1S/C9H6Cl2F2O/c10-5(4-14)1-7-8(11)2-6(12)3-9(7)13/h2-5H,1H2. The van der Waals surface area contributed by atoms with E-state index in [1.165, 1.54) is 0 Å². The minimum absolute atomic E-state index is 0.0456. The molecule has 0 radical (unpaired) electrons. The Labute approximate surface area is 89.6 Å². The summed E-state index contributed by atoms with van der Waals surface area (Å²) in [6.45, 7) is 0. The molecule has 1 nitrogen and oxygen atoms in total. The van der Waals surface area contributed by atoms with E-state index in [0.29, 0.717) is 12.4 Å². The second kappa shape index (κ2) is 4.71. The van der Waals surface area contributed by atoms with Gasteiger partial charge in [0.15, 0.2) is 0 Å². The molecule has 0 N–H and O–H groups in total. The molecule has 0 saturated heterocycles. The summed E-state index contributed by atoms with van der Waals surface area (Å²) in [4.78, 5) is 10.2. The highest BCUT2D eigenvalue weighted by Gasteiger charge is 2.13. The fourth-order valence-corrected chi connectivity index (χ4v) is 1.44. The third kappa shape index (κ3) is 2.66. The monoisotopic (exact) mass is 238 g/mol. The molecule has 0 heterocycles. The Morgan fingerprint density at radius 2 is 2.07 bits per heavy atom. The van der Waals surface area contributed by atoms with Crippen LogP contribution in [-0.2, 0) is 11.2 Å². The first-order valence-corrected chi connectivity index (χ1v) is 4.59. The SMILES string of the molecule is O=CC(Cl)Cc1c(F)cc(F)cc1Cl. The summed E-state index contributed by atoms with van der Waals surface area (Å²) in [5.74, 6) is -1.55. The molecule has 14 heavy (non-hydrogen) atoms. The van der Waals surface area contributed by atoms with Crippen LogP contribution in [-0.4, -0.2) is 11.7 Å². The third-order valence-electron chi connectivity index (χ3n) is 1.65. The van der Waals surface area contributed by atoms with Crippen molar-refractivity contribution in [2.24, 2.45) is 0 Å². The molecular formula is C9H6Cl2F2O. The van der Waals surface area contributed by atoms with Crippen LogP contribution in [0.15, 0.2) is 12.1 Å². The van der Waals surface area contributed by atoms with Crippen molar-refractivity contribution in [3.05, 3.63) is 34.4 Å². The Kier molecular flexibility index (Phi) is 3.84. The number of halogens is 4. The molecule has 1 atom stereocenters. The molecule has 0 saturated carbocycles. The number of alkyl halides is 1. The van der Waals surface area contributed by atoms with Gasteiger partial charge in [-0.05, 0) is 12.5 Å². The van der Waals surface area contributed by atoms with E-state index in [1.807, 2.05) is 0 Å². The summed E-state index contributed by atoms with van der Waals surface area (Å²) in [5.41, 5.74) is 0.0557. The highest BCUT2D eigenvalue weighted by molar-refractivity contribution is 6.32. The average molecular weight is 239 g/mol. The van der Waals surface area contributed by atoms with Gasteiger partial charge in [-0.25, -0.2) is 8.78 Å². The molecule has 1 unspecified atom stereocenters. The van der Waals surface area contributed by atoms with Crippen molar-refractivity contribution in [3.8, 4) is 0 Å². The van der Waals surface area contributed by atoms with Gasteiger partial charge in [0.1, 0.15) is 17.9 Å². The van der Waals surface area contributed by atoms with Gasteiger partial charge in [0.25, 0.3) is 0 Å². The lowest BCUT2D eigenvalue weighted by Crippen LogP contribution is -2.07. The zero-order valence-electron chi connectivity index (χ0n) is 6.94. The molecule has 5 heteroatoms. The van der Waals surface area contributed by atoms with Crippen molar-refractivity contribution < 1.29 is 13.6 Å². The molecule has 76 valence electrons. The van der Waals surface area contributed by atoms with E-state index in [1.54, 1.807) is 0 Å². The number of carbonyl (C=O) groups excluding carboxylic acids is 1. The summed E-state index contributed by atoms with van der Waals surface area (Å²) in [7, 11) is 0. The van der Waals surface area contributed by atoms with E-state index in [9.17, 15) is 13.6 Å². The number of benzene rings is 1. The van der Waals surface area contributed by atoms with Crippen molar-refractivity contribution in [1.82, 2.24) is 0 Å². The quantitative estimate of drug-likeness (QED) is 0.585. The molecule has 1 rings (SSSR count). The number of hydrogen-bond donors (Lipinski definition) is 0. The Morgan fingerprint density at radius 1 is 1.43 bits per heavy atom. The Bertz CT molecular complexity index is 332. The minimum Gasteiger partial charge on any atom is -0.302 e. The Hall–Kier alpha value is -0.670. The molecule has 0 aromatic heterocycles. The van der Waals surface area contributed by atoms with Crippen LogP contribution in [0.1, 0.15) is 5.56 Å². The summed E-state index contributed by atoms with van der Waals surface area (Å²) in [6, 6.07) is 1.68. The van der Waals surface area contributed by atoms with Crippen molar-refractivity contribution in [3.63, 3.8) is 0 Å². The lowest BCUT2D eigenvalue weighted by molar-refractivity contribution is -0.107. The molecule has 0 bridgehead atoms. The fourth-order valence-electron chi connectivity index (χ4n) is 1.01. The van der Waals surface area contributed by atoms with Gasteiger partial charge in [-0.3, -0.25) is 0 Å². The smallest absolute Gasteiger partial charge is 0.138 e. The van der Waals surface area contributed by atoms with Gasteiger partial charge in [0.05, 0.1) is 5.38 Å². The maximum atomic E-state index is 13.1. The second-order valence-corrected chi connectivity index (χ2v) is 3.67. The van der Waals surface area contributed by atoms with Crippen LogP contribution in [0.4, 0.5) is 8.78 Å². The number of aldehydes is 1. The molecule has 0 aliphatic rings. The molecule has 0 fully saturated rings. The summed E-state index contributed by atoms with van der Waals surface area (Å²) in [6.07, 6.45) is 0.427. The van der Waals surface area contributed by atoms with Gasteiger partial charge in [-0.1, -0.05) is 11.6 Å². The van der Waals surface area contributed by atoms with Crippen LogP contribution in [0.2, 0.25) is 5.02 Å². The third-order valence-corrected chi connectivity index (χ3v) is 2.25. The summed E-state index contributed by atoms with van der Waals surface area (Å²) < 4.78 is 25.7. The lowest BCUT2D eigenvalue weighted by Gasteiger charge is -2.06. The van der Waals surface area contributed by atoms with E-state index in [0.717, 1.165) is 6.07 Å². The van der Waals surface area contributed by atoms with Gasteiger partial charge in [0, 0.05) is 16.7 Å². The van der Waals surface area contributed by atoms with Crippen molar-refractivity contribution in [1.29, 1.82) is 0 Å². The van der Waals surface area contributed by atoms with Crippen LogP contribution < -0.4 is 0 Å². The first-order valence-electron chi connectivity index (χ1n) is 3.77. The number of carbonyl (C=O) groups is 1. The predicted octanol–water partition coefficient (Wildman–Crippen LogP) is 2.97. The van der Waals surface area contributed by atoms with Gasteiger partial charge in [-0.2, -0.15) is 0 Å². The predicted molar refractivity (Wildman–Crippen MR) is 50.8 cm³/mol. The van der Waals surface area contributed by atoms with Gasteiger partial charge in [0.2, 0.25) is 0 Å². The highest BCUT2D eigenvalue weighted by Crippen LogP contribution is 2.23. The average Bonchev–Trinajstić information content (AvgIpc) is 2.10. The van der Waals surface area contributed by atoms with Crippen molar-refractivity contribution in [2.45, 2.75) is 11.8 Å². The van der Waals surface area contributed by atoms with Gasteiger partial charge in [-0.15, -0.1) is 11.6 Å². The van der Waals surface area contributed by atoms with E-state index in [2.05, 4.69) is 0 Å². The van der Waals surface area contributed by atoms with Crippen LogP contribution in [0.25, 0.3) is 0 Å². The van der Waals surface area contributed by atoms with Crippen LogP contribution in [0.5, 0.6) is 0 Å². The molecule has 0 aliphatic carbocycles. The van der Waals surface area contributed by atoms with Crippen LogP contribution in [0, 0.1) is 11.6 Å². The normalized spacial score (nSPS) is 12.6. The Balaban J connectivity index is 3.02. The van der Waals surface area contributed by atoms with E-state index < -0.39 is 17.0 Å². The summed E-state index contributed by atoms with van der Waals surface area (Å²) >= 11 is 11.1. The van der Waals surface area contributed by atoms with E-state index in [4.69, 9.17) is 23.2 Å². The number of hydrogen-bond acceptors (Lipinski definition) is 1. The fraction of sp³-hybridized carbons (Fsp3) is 0.222. The molecule has 0 amide bonds. The van der Waals surface area contributed by atoms with Crippen molar-refractivity contribution >= 4 is 29.5 Å². The highest BCUT2D eigenvalue weighted by atomic mass is 35.5. The number of rotatable bonds is 3. The zero-order valence-corrected chi connectivity index (χ0v) is 8.45. The minimum atomic E-state index is -0.854. The van der Waals surface area contributed by atoms with Crippen LogP contribution >= 0.6 is 23.2 Å². The Morgan fingerprint density at radius 3 is 2.57 bits per heavy atom. The van der Waals surface area contributed by atoms with E-state index >= 15 is 0 Å².